The minimum absolute atomic E-state index is 0.000389. The maximum Gasteiger partial charge on any atom is 0.162 e. The van der Waals surface area contributed by atoms with Gasteiger partial charge in [0.2, 0.25) is 0 Å². The Labute approximate surface area is 187 Å². The first-order valence-electron chi connectivity index (χ1n) is 8.98. The van der Waals surface area contributed by atoms with E-state index in [2.05, 4.69) is 21.2 Å². The summed E-state index contributed by atoms with van der Waals surface area (Å²) in [6.07, 6.45) is 0. The van der Waals surface area contributed by atoms with Crippen molar-refractivity contribution in [3.63, 3.8) is 0 Å². The van der Waals surface area contributed by atoms with Crippen molar-refractivity contribution >= 4 is 44.8 Å². The van der Waals surface area contributed by atoms with Crippen molar-refractivity contribution in [3.8, 4) is 11.5 Å². The number of anilines is 1. The van der Waals surface area contributed by atoms with Crippen LogP contribution in [0.4, 0.5) is 10.1 Å². The second-order valence-corrected chi connectivity index (χ2v) is 7.87. The van der Waals surface area contributed by atoms with Gasteiger partial charge in [0.15, 0.2) is 11.5 Å². The fourth-order valence-corrected chi connectivity index (χ4v) is 3.49. The third kappa shape index (κ3) is 5.78. The zero-order valence-electron chi connectivity index (χ0n) is 15.6. The number of rotatable bonds is 8. The van der Waals surface area contributed by atoms with E-state index in [1.807, 2.05) is 43.3 Å². The number of halogens is 4. The monoisotopic (exact) mass is 497 g/mol. The molecule has 29 heavy (non-hydrogen) atoms. The molecule has 3 aromatic carbocycles. The van der Waals surface area contributed by atoms with Crippen molar-refractivity contribution in [2.75, 3.05) is 11.9 Å². The van der Waals surface area contributed by atoms with Crippen LogP contribution >= 0.6 is 39.1 Å². The Morgan fingerprint density at radius 2 is 1.72 bits per heavy atom. The molecule has 0 spiro atoms. The Hall–Kier alpha value is -1.95. The number of ether oxygens (including phenoxy) is 2. The predicted molar refractivity (Wildman–Crippen MR) is 120 cm³/mol. The van der Waals surface area contributed by atoms with Crippen molar-refractivity contribution in [1.29, 1.82) is 0 Å². The van der Waals surface area contributed by atoms with Crippen LogP contribution in [0.5, 0.6) is 11.5 Å². The second kappa shape index (κ2) is 10.2. The van der Waals surface area contributed by atoms with Crippen molar-refractivity contribution in [2.45, 2.75) is 20.1 Å². The van der Waals surface area contributed by atoms with Crippen molar-refractivity contribution < 1.29 is 13.9 Å². The first kappa shape index (κ1) is 21.8. The standard InChI is InChI=1S/C22H19BrCl2FNO2/c1-2-28-21-10-14(12-27-16-8-6-15(24)7-9-16)18(23)11-22(21)29-13-17-19(25)4-3-5-20(17)26/h3-11,27H,2,12-13H2,1H3. The Kier molecular flexibility index (Phi) is 7.64. The topological polar surface area (TPSA) is 30.5 Å². The maximum atomic E-state index is 14.0. The summed E-state index contributed by atoms with van der Waals surface area (Å²) in [6, 6.07) is 15.7. The molecule has 0 aromatic heterocycles. The van der Waals surface area contributed by atoms with E-state index in [0.717, 1.165) is 15.7 Å². The van der Waals surface area contributed by atoms with Crippen LogP contribution in [0.2, 0.25) is 10.0 Å². The molecule has 0 saturated carbocycles. The predicted octanol–water partition coefficient (Wildman–Crippen LogP) is 7.48. The number of nitrogens with one attached hydrogen (secondary N) is 1. The Morgan fingerprint density at radius 1 is 1.00 bits per heavy atom. The van der Waals surface area contributed by atoms with E-state index in [0.29, 0.717) is 40.3 Å². The minimum Gasteiger partial charge on any atom is -0.490 e. The molecule has 0 aliphatic rings. The molecule has 0 atom stereocenters. The average molecular weight is 499 g/mol. The third-order valence-corrected chi connectivity index (χ3v) is 5.52. The highest BCUT2D eigenvalue weighted by molar-refractivity contribution is 9.10. The van der Waals surface area contributed by atoms with Crippen LogP contribution in [0.15, 0.2) is 59.1 Å². The lowest BCUT2D eigenvalue weighted by Gasteiger charge is -2.16. The normalized spacial score (nSPS) is 10.7. The number of benzene rings is 3. The van der Waals surface area contributed by atoms with E-state index >= 15 is 0 Å². The molecule has 152 valence electrons. The SMILES string of the molecule is CCOc1cc(CNc2ccc(Cl)cc2)c(Br)cc1OCc1c(F)cccc1Cl. The molecule has 0 fully saturated rings. The van der Waals surface area contributed by atoms with Crippen LogP contribution in [0.3, 0.4) is 0 Å². The molecular weight excluding hydrogens is 480 g/mol. The van der Waals surface area contributed by atoms with E-state index in [1.54, 1.807) is 12.1 Å². The summed E-state index contributed by atoms with van der Waals surface area (Å²) in [5.41, 5.74) is 2.25. The van der Waals surface area contributed by atoms with Crippen molar-refractivity contribution in [2.24, 2.45) is 0 Å². The summed E-state index contributed by atoms with van der Waals surface area (Å²) in [5, 5.41) is 4.35. The van der Waals surface area contributed by atoms with Gasteiger partial charge in [0.25, 0.3) is 0 Å². The summed E-state index contributed by atoms with van der Waals surface area (Å²) in [7, 11) is 0. The van der Waals surface area contributed by atoms with Crippen molar-refractivity contribution in [3.05, 3.63) is 86.1 Å². The fraction of sp³-hybridized carbons (Fsp3) is 0.182. The van der Waals surface area contributed by atoms with Crippen LogP contribution in [0, 0.1) is 5.82 Å². The molecule has 0 saturated heterocycles. The molecule has 0 heterocycles. The van der Waals surface area contributed by atoms with Crippen LogP contribution in [-0.4, -0.2) is 6.61 Å². The quantitative estimate of drug-likeness (QED) is 0.349. The molecule has 7 heteroatoms. The summed E-state index contributed by atoms with van der Waals surface area (Å²) in [4.78, 5) is 0. The van der Waals surface area contributed by atoms with E-state index in [-0.39, 0.29) is 6.61 Å². The van der Waals surface area contributed by atoms with Gasteiger partial charge >= 0.3 is 0 Å². The van der Waals surface area contributed by atoms with Gasteiger partial charge in [0.05, 0.1) is 11.6 Å². The largest absolute Gasteiger partial charge is 0.490 e. The molecule has 1 N–H and O–H groups in total. The highest BCUT2D eigenvalue weighted by Crippen LogP contribution is 2.35. The molecule has 0 aliphatic carbocycles. The molecule has 0 radical (unpaired) electrons. The van der Waals surface area contributed by atoms with Gasteiger partial charge in [-0.1, -0.05) is 45.2 Å². The van der Waals surface area contributed by atoms with Gasteiger partial charge in [0.1, 0.15) is 12.4 Å². The molecule has 3 aromatic rings. The van der Waals surface area contributed by atoms with Gasteiger partial charge in [-0.2, -0.15) is 0 Å². The lowest BCUT2D eigenvalue weighted by Crippen LogP contribution is -2.05. The Balaban J connectivity index is 1.77. The van der Waals surface area contributed by atoms with Crippen LogP contribution in [0.1, 0.15) is 18.1 Å². The Morgan fingerprint density at radius 3 is 2.41 bits per heavy atom. The average Bonchev–Trinajstić information content (AvgIpc) is 2.69. The van der Waals surface area contributed by atoms with E-state index < -0.39 is 5.82 Å². The van der Waals surface area contributed by atoms with E-state index in [4.69, 9.17) is 32.7 Å². The summed E-state index contributed by atoms with van der Waals surface area (Å²) in [5.74, 6) is 0.683. The lowest BCUT2D eigenvalue weighted by atomic mass is 10.2. The van der Waals surface area contributed by atoms with Gasteiger partial charge in [0, 0.05) is 27.3 Å². The van der Waals surface area contributed by atoms with E-state index in [9.17, 15) is 4.39 Å². The van der Waals surface area contributed by atoms with Crippen molar-refractivity contribution in [1.82, 2.24) is 0 Å². The number of hydrogen-bond acceptors (Lipinski definition) is 3. The molecular formula is C22H19BrCl2FNO2. The van der Waals surface area contributed by atoms with Gasteiger partial charge in [-0.05, 0) is 61.0 Å². The molecule has 3 rings (SSSR count). The molecule has 0 aliphatic heterocycles. The molecule has 3 nitrogen and oxygen atoms in total. The molecule has 0 amide bonds. The van der Waals surface area contributed by atoms with Crippen LogP contribution in [-0.2, 0) is 13.2 Å². The Bertz CT molecular complexity index is 963. The minimum atomic E-state index is -0.404. The van der Waals surface area contributed by atoms with Gasteiger partial charge in [-0.3, -0.25) is 0 Å². The van der Waals surface area contributed by atoms with Crippen LogP contribution < -0.4 is 14.8 Å². The number of hydrogen-bond donors (Lipinski definition) is 1. The van der Waals surface area contributed by atoms with E-state index in [1.165, 1.54) is 6.07 Å². The summed E-state index contributed by atoms with van der Waals surface area (Å²) in [6.45, 7) is 2.94. The maximum absolute atomic E-state index is 14.0. The summed E-state index contributed by atoms with van der Waals surface area (Å²) >= 11 is 15.6. The second-order valence-electron chi connectivity index (χ2n) is 6.17. The van der Waals surface area contributed by atoms with Gasteiger partial charge in [-0.15, -0.1) is 0 Å². The fourth-order valence-electron chi connectivity index (χ4n) is 2.68. The first-order chi connectivity index (χ1) is 14.0. The highest BCUT2D eigenvalue weighted by atomic mass is 79.9. The molecule has 0 unspecified atom stereocenters. The summed E-state index contributed by atoms with van der Waals surface area (Å²) < 4.78 is 26.4. The lowest BCUT2D eigenvalue weighted by molar-refractivity contribution is 0.265. The van der Waals surface area contributed by atoms with Gasteiger partial charge in [-0.25, -0.2) is 4.39 Å². The first-order valence-corrected chi connectivity index (χ1v) is 10.5. The highest BCUT2D eigenvalue weighted by Gasteiger charge is 2.14. The smallest absolute Gasteiger partial charge is 0.162 e. The van der Waals surface area contributed by atoms with Gasteiger partial charge < -0.3 is 14.8 Å². The van der Waals surface area contributed by atoms with Crippen LogP contribution in [0.25, 0.3) is 0 Å². The molecule has 0 bridgehead atoms. The third-order valence-electron chi connectivity index (χ3n) is 4.17. The zero-order valence-corrected chi connectivity index (χ0v) is 18.7. The zero-order chi connectivity index (χ0) is 20.8.